The number of rotatable bonds is 3. The predicted molar refractivity (Wildman–Crippen MR) is 56.3 cm³/mol. The maximum Gasteiger partial charge on any atom is 0.0934 e. The van der Waals surface area contributed by atoms with E-state index in [2.05, 4.69) is 5.32 Å². The highest BCUT2D eigenvalue weighted by Gasteiger charge is 2.10. The zero-order valence-electron chi connectivity index (χ0n) is 8.14. The first-order valence-electron chi connectivity index (χ1n) is 4.71. The van der Waals surface area contributed by atoms with Gasteiger partial charge in [-0.1, -0.05) is 6.07 Å². The van der Waals surface area contributed by atoms with Crippen LogP contribution in [0.4, 0.5) is 0 Å². The van der Waals surface area contributed by atoms with Gasteiger partial charge in [0.1, 0.15) is 0 Å². The van der Waals surface area contributed by atoms with Crippen LogP contribution in [0.5, 0.6) is 0 Å². The van der Waals surface area contributed by atoms with Crippen molar-refractivity contribution < 1.29 is 5.11 Å². The highest BCUT2D eigenvalue weighted by atomic mass is 16.3. The van der Waals surface area contributed by atoms with Crippen molar-refractivity contribution in [1.29, 1.82) is 0 Å². The van der Waals surface area contributed by atoms with Gasteiger partial charge < -0.3 is 14.8 Å². The molecule has 0 saturated heterocycles. The Bertz CT molecular complexity index is 422. The van der Waals surface area contributed by atoms with Crippen molar-refractivity contribution in [2.24, 2.45) is 0 Å². The Kier molecular flexibility index (Phi) is 2.52. The Morgan fingerprint density at radius 3 is 3.00 bits per heavy atom. The van der Waals surface area contributed by atoms with E-state index in [1.165, 1.54) is 0 Å². The summed E-state index contributed by atoms with van der Waals surface area (Å²) >= 11 is 0. The van der Waals surface area contributed by atoms with Crippen LogP contribution in [0.3, 0.4) is 0 Å². The third kappa shape index (κ3) is 1.52. The molecular weight excluding hydrogens is 176 g/mol. The molecule has 0 bridgehead atoms. The number of aliphatic hydroxyl groups is 1. The molecule has 2 rings (SSSR count). The van der Waals surface area contributed by atoms with Crippen LogP contribution < -0.4 is 5.32 Å². The molecule has 0 aliphatic carbocycles. The number of aliphatic hydroxyl groups excluding tert-OH is 1. The van der Waals surface area contributed by atoms with Crippen molar-refractivity contribution in [3.8, 4) is 0 Å². The second-order valence-corrected chi connectivity index (χ2v) is 3.34. The van der Waals surface area contributed by atoms with E-state index in [0.29, 0.717) is 6.54 Å². The lowest BCUT2D eigenvalue weighted by atomic mass is 10.1. The Hall–Kier alpha value is -1.32. The summed E-state index contributed by atoms with van der Waals surface area (Å²) in [6.07, 6.45) is 3.50. The quantitative estimate of drug-likeness (QED) is 0.762. The molecule has 0 aliphatic heterocycles. The molecule has 2 aromatic heterocycles. The zero-order chi connectivity index (χ0) is 9.97. The van der Waals surface area contributed by atoms with Gasteiger partial charge in [-0.25, -0.2) is 0 Å². The molecule has 1 unspecified atom stereocenters. The van der Waals surface area contributed by atoms with Crippen LogP contribution >= 0.6 is 0 Å². The van der Waals surface area contributed by atoms with Crippen molar-refractivity contribution in [3.63, 3.8) is 0 Å². The minimum Gasteiger partial charge on any atom is -0.387 e. The summed E-state index contributed by atoms with van der Waals surface area (Å²) in [7, 11) is 1.83. The summed E-state index contributed by atoms with van der Waals surface area (Å²) < 4.78 is 2.01. The van der Waals surface area contributed by atoms with Gasteiger partial charge in [0.25, 0.3) is 0 Å². The van der Waals surface area contributed by atoms with E-state index in [0.717, 1.165) is 11.1 Å². The van der Waals surface area contributed by atoms with Gasteiger partial charge in [-0.15, -0.1) is 0 Å². The first kappa shape index (κ1) is 9.24. The fourth-order valence-electron chi connectivity index (χ4n) is 1.66. The molecule has 0 aliphatic rings. The normalized spacial score (nSPS) is 13.3. The number of nitrogens with one attached hydrogen (secondary N) is 1. The molecule has 2 heterocycles. The molecule has 3 heteroatoms. The van der Waals surface area contributed by atoms with Crippen LogP contribution in [0.25, 0.3) is 5.52 Å². The Balaban J connectivity index is 2.42. The van der Waals surface area contributed by atoms with Crippen molar-refractivity contribution in [2.75, 3.05) is 13.6 Å². The second-order valence-electron chi connectivity index (χ2n) is 3.34. The van der Waals surface area contributed by atoms with Gasteiger partial charge in [0, 0.05) is 24.5 Å². The van der Waals surface area contributed by atoms with E-state index < -0.39 is 6.10 Å². The molecule has 2 aromatic rings. The molecule has 1 atom stereocenters. The van der Waals surface area contributed by atoms with E-state index in [1.54, 1.807) is 0 Å². The van der Waals surface area contributed by atoms with Crippen LogP contribution in [0, 0.1) is 0 Å². The fraction of sp³-hybridized carbons (Fsp3) is 0.273. The van der Waals surface area contributed by atoms with Gasteiger partial charge in [-0.3, -0.25) is 0 Å². The van der Waals surface area contributed by atoms with E-state index in [9.17, 15) is 5.11 Å². The lowest BCUT2D eigenvalue weighted by Crippen LogP contribution is -2.16. The summed E-state index contributed by atoms with van der Waals surface area (Å²) in [6, 6.07) is 7.91. The number of hydrogen-bond donors (Lipinski definition) is 2. The number of nitrogens with zero attached hydrogens (tertiary/aromatic N) is 1. The molecule has 14 heavy (non-hydrogen) atoms. The third-order valence-corrected chi connectivity index (χ3v) is 2.36. The topological polar surface area (TPSA) is 36.7 Å². The minimum atomic E-state index is -0.438. The summed E-state index contributed by atoms with van der Waals surface area (Å²) in [5, 5.41) is 12.8. The number of likely N-dealkylation sites (N-methyl/N-ethyl adjacent to an activating group) is 1. The molecule has 0 saturated carbocycles. The van der Waals surface area contributed by atoms with Crippen molar-refractivity contribution in [2.45, 2.75) is 6.10 Å². The average Bonchev–Trinajstić information content (AvgIpc) is 2.61. The predicted octanol–water partition coefficient (Wildman–Crippen LogP) is 1.19. The number of hydrogen-bond acceptors (Lipinski definition) is 2. The van der Waals surface area contributed by atoms with Gasteiger partial charge in [0.15, 0.2) is 0 Å². The molecule has 0 radical (unpaired) electrons. The number of fused-ring (bicyclic) bond motifs is 1. The summed E-state index contributed by atoms with van der Waals surface area (Å²) in [5.41, 5.74) is 2.04. The van der Waals surface area contributed by atoms with E-state index >= 15 is 0 Å². The van der Waals surface area contributed by atoms with E-state index in [-0.39, 0.29) is 0 Å². The molecule has 74 valence electrons. The van der Waals surface area contributed by atoms with Crippen LogP contribution in [-0.4, -0.2) is 23.1 Å². The molecule has 0 spiro atoms. The Labute approximate surface area is 83.0 Å². The van der Waals surface area contributed by atoms with Crippen molar-refractivity contribution in [3.05, 3.63) is 42.2 Å². The molecular formula is C11H14N2O. The largest absolute Gasteiger partial charge is 0.387 e. The number of aromatic nitrogens is 1. The van der Waals surface area contributed by atoms with Gasteiger partial charge in [0.2, 0.25) is 0 Å². The smallest absolute Gasteiger partial charge is 0.0934 e. The van der Waals surface area contributed by atoms with E-state index in [1.807, 2.05) is 48.1 Å². The zero-order valence-corrected chi connectivity index (χ0v) is 8.14. The highest BCUT2D eigenvalue weighted by molar-refractivity contribution is 5.56. The molecule has 2 N–H and O–H groups in total. The standard InChI is InChI=1S/C11H14N2O/c1-12-8-11(14)9-5-7-13-6-3-2-4-10(9)13/h2-7,11-12,14H,8H2,1H3. The lowest BCUT2D eigenvalue weighted by Gasteiger charge is -2.08. The second kappa shape index (κ2) is 3.82. The monoisotopic (exact) mass is 190 g/mol. The molecule has 0 fully saturated rings. The van der Waals surface area contributed by atoms with Gasteiger partial charge in [0.05, 0.1) is 11.6 Å². The first-order valence-corrected chi connectivity index (χ1v) is 4.71. The highest BCUT2D eigenvalue weighted by Crippen LogP contribution is 2.19. The van der Waals surface area contributed by atoms with Crippen molar-refractivity contribution in [1.82, 2.24) is 9.72 Å². The molecule has 3 nitrogen and oxygen atoms in total. The maximum absolute atomic E-state index is 9.83. The molecule has 0 aromatic carbocycles. The Morgan fingerprint density at radius 2 is 2.21 bits per heavy atom. The van der Waals surface area contributed by atoms with Gasteiger partial charge in [-0.05, 0) is 25.2 Å². The third-order valence-electron chi connectivity index (χ3n) is 2.36. The van der Waals surface area contributed by atoms with Crippen LogP contribution in [0.2, 0.25) is 0 Å². The lowest BCUT2D eigenvalue weighted by molar-refractivity contribution is 0.179. The minimum absolute atomic E-state index is 0.438. The summed E-state index contributed by atoms with van der Waals surface area (Å²) in [6.45, 7) is 0.578. The maximum atomic E-state index is 9.83. The average molecular weight is 190 g/mol. The van der Waals surface area contributed by atoms with Gasteiger partial charge in [-0.2, -0.15) is 0 Å². The van der Waals surface area contributed by atoms with Crippen LogP contribution in [-0.2, 0) is 0 Å². The summed E-state index contributed by atoms with van der Waals surface area (Å²) in [5.74, 6) is 0. The van der Waals surface area contributed by atoms with E-state index in [4.69, 9.17) is 0 Å². The van der Waals surface area contributed by atoms with Crippen LogP contribution in [0.1, 0.15) is 11.7 Å². The SMILES string of the molecule is CNCC(O)c1ccn2ccccc12. The summed E-state index contributed by atoms with van der Waals surface area (Å²) in [4.78, 5) is 0. The molecule has 0 amide bonds. The first-order chi connectivity index (χ1) is 6.83. The van der Waals surface area contributed by atoms with Gasteiger partial charge >= 0.3 is 0 Å². The van der Waals surface area contributed by atoms with Crippen LogP contribution in [0.15, 0.2) is 36.7 Å². The number of pyridine rings is 1. The Morgan fingerprint density at radius 1 is 1.36 bits per heavy atom. The fourth-order valence-corrected chi connectivity index (χ4v) is 1.66. The van der Waals surface area contributed by atoms with Crippen molar-refractivity contribution >= 4 is 5.52 Å².